The maximum atomic E-state index is 11.7. The van der Waals surface area contributed by atoms with Crippen LogP contribution in [0.2, 0.25) is 0 Å². The predicted octanol–water partition coefficient (Wildman–Crippen LogP) is 0.314. The van der Waals surface area contributed by atoms with E-state index in [0.29, 0.717) is 37.7 Å². The summed E-state index contributed by atoms with van der Waals surface area (Å²) in [6.45, 7) is 3.81. The number of hydrogen-bond acceptors (Lipinski definition) is 5. The third kappa shape index (κ3) is 2.51. The molecule has 0 radical (unpaired) electrons. The Morgan fingerprint density at radius 3 is 2.60 bits per heavy atom. The van der Waals surface area contributed by atoms with Crippen molar-refractivity contribution in [2.45, 2.75) is 6.54 Å². The SMILES string of the molecule is CN1CCN(Cc2cc3c(cc2N)OCCO3)CC1=O. The molecule has 1 amide bonds. The summed E-state index contributed by atoms with van der Waals surface area (Å²) < 4.78 is 11.1. The number of fused-ring (bicyclic) bond motifs is 1. The lowest BCUT2D eigenvalue weighted by molar-refractivity contribution is -0.134. The van der Waals surface area contributed by atoms with Crippen LogP contribution in [-0.2, 0) is 11.3 Å². The van der Waals surface area contributed by atoms with Crippen LogP contribution in [0.1, 0.15) is 5.56 Å². The minimum atomic E-state index is 0.146. The average molecular weight is 277 g/mol. The van der Waals surface area contributed by atoms with Crippen molar-refractivity contribution >= 4 is 11.6 Å². The molecule has 1 aromatic rings. The number of benzene rings is 1. The number of nitrogens with two attached hydrogens (primary N) is 1. The van der Waals surface area contributed by atoms with Crippen LogP contribution in [0.3, 0.4) is 0 Å². The largest absolute Gasteiger partial charge is 0.486 e. The standard InChI is InChI=1S/C14H19N3O3/c1-16-2-3-17(9-14(16)18)8-10-6-12-13(7-11(10)15)20-5-4-19-12/h6-7H,2-5,8-9,15H2,1H3. The second kappa shape index (κ2) is 5.20. The van der Waals surface area contributed by atoms with Crippen molar-refractivity contribution in [3.05, 3.63) is 17.7 Å². The Balaban J connectivity index is 1.75. The first-order chi connectivity index (χ1) is 9.63. The lowest BCUT2D eigenvalue weighted by Crippen LogP contribution is -2.48. The Morgan fingerprint density at radius 2 is 1.90 bits per heavy atom. The number of nitrogen functional groups attached to an aromatic ring is 1. The molecule has 2 N–H and O–H groups in total. The monoisotopic (exact) mass is 277 g/mol. The van der Waals surface area contributed by atoms with Crippen LogP contribution < -0.4 is 15.2 Å². The normalized spacial score (nSPS) is 19.2. The van der Waals surface area contributed by atoms with E-state index in [2.05, 4.69) is 4.90 Å². The zero-order chi connectivity index (χ0) is 14.1. The van der Waals surface area contributed by atoms with Crippen molar-refractivity contribution in [1.29, 1.82) is 0 Å². The van der Waals surface area contributed by atoms with Gasteiger partial charge in [0.05, 0.1) is 6.54 Å². The summed E-state index contributed by atoms with van der Waals surface area (Å²) >= 11 is 0. The third-order valence-electron chi connectivity index (χ3n) is 3.73. The number of rotatable bonds is 2. The van der Waals surface area contributed by atoms with Gasteiger partial charge in [-0.3, -0.25) is 9.69 Å². The van der Waals surface area contributed by atoms with Gasteiger partial charge < -0.3 is 20.1 Å². The highest BCUT2D eigenvalue weighted by Crippen LogP contribution is 2.34. The minimum Gasteiger partial charge on any atom is -0.486 e. The van der Waals surface area contributed by atoms with Gasteiger partial charge in [0.1, 0.15) is 13.2 Å². The predicted molar refractivity (Wildman–Crippen MR) is 74.8 cm³/mol. The molecule has 0 aromatic heterocycles. The Labute approximate surface area is 118 Å². The number of carbonyl (C=O) groups excluding carboxylic acids is 1. The molecule has 0 atom stereocenters. The van der Waals surface area contributed by atoms with E-state index < -0.39 is 0 Å². The van der Waals surface area contributed by atoms with Gasteiger partial charge in [0.15, 0.2) is 11.5 Å². The Bertz CT molecular complexity index is 533. The van der Waals surface area contributed by atoms with Gasteiger partial charge in [-0.15, -0.1) is 0 Å². The van der Waals surface area contributed by atoms with Gasteiger partial charge >= 0.3 is 0 Å². The van der Waals surface area contributed by atoms with E-state index in [1.165, 1.54) is 0 Å². The first-order valence-corrected chi connectivity index (χ1v) is 6.78. The molecule has 1 aromatic carbocycles. The smallest absolute Gasteiger partial charge is 0.236 e. The average Bonchev–Trinajstić information content (AvgIpc) is 2.44. The van der Waals surface area contributed by atoms with E-state index in [9.17, 15) is 4.79 Å². The number of amides is 1. The molecule has 2 aliphatic rings. The first-order valence-electron chi connectivity index (χ1n) is 6.78. The van der Waals surface area contributed by atoms with Gasteiger partial charge in [-0.05, 0) is 11.6 Å². The van der Waals surface area contributed by atoms with E-state index in [1.807, 2.05) is 19.2 Å². The van der Waals surface area contributed by atoms with Crippen molar-refractivity contribution in [3.63, 3.8) is 0 Å². The van der Waals surface area contributed by atoms with Gasteiger partial charge in [-0.1, -0.05) is 0 Å². The number of hydrogen-bond donors (Lipinski definition) is 1. The van der Waals surface area contributed by atoms with Gasteiger partial charge in [0.25, 0.3) is 0 Å². The lowest BCUT2D eigenvalue weighted by Gasteiger charge is -2.32. The Hall–Kier alpha value is -1.95. The van der Waals surface area contributed by atoms with Crippen molar-refractivity contribution in [3.8, 4) is 11.5 Å². The van der Waals surface area contributed by atoms with E-state index >= 15 is 0 Å². The molecule has 1 saturated heterocycles. The van der Waals surface area contributed by atoms with Crippen LogP contribution in [0.5, 0.6) is 11.5 Å². The lowest BCUT2D eigenvalue weighted by atomic mass is 10.1. The summed E-state index contributed by atoms with van der Waals surface area (Å²) in [6, 6.07) is 3.73. The topological polar surface area (TPSA) is 68.0 Å². The highest BCUT2D eigenvalue weighted by Gasteiger charge is 2.22. The second-order valence-corrected chi connectivity index (χ2v) is 5.22. The number of nitrogens with zero attached hydrogens (tertiary/aromatic N) is 2. The molecule has 0 unspecified atom stereocenters. The number of likely N-dealkylation sites (N-methyl/N-ethyl adjacent to an activating group) is 1. The van der Waals surface area contributed by atoms with Crippen LogP contribution in [0, 0.1) is 0 Å². The van der Waals surface area contributed by atoms with Crippen LogP contribution in [0.4, 0.5) is 5.69 Å². The van der Waals surface area contributed by atoms with Crippen LogP contribution in [-0.4, -0.2) is 55.6 Å². The fourth-order valence-electron chi connectivity index (χ4n) is 2.47. The molecule has 20 heavy (non-hydrogen) atoms. The molecule has 0 saturated carbocycles. The van der Waals surface area contributed by atoms with E-state index in [0.717, 1.165) is 24.4 Å². The summed E-state index contributed by atoms with van der Waals surface area (Å²) in [5, 5.41) is 0. The quantitative estimate of drug-likeness (QED) is 0.788. The van der Waals surface area contributed by atoms with Crippen molar-refractivity contribution in [1.82, 2.24) is 9.80 Å². The molecule has 0 spiro atoms. The molecule has 2 aliphatic heterocycles. The molecule has 0 bridgehead atoms. The molecule has 3 rings (SSSR count). The highest BCUT2D eigenvalue weighted by atomic mass is 16.6. The van der Waals surface area contributed by atoms with Crippen LogP contribution in [0.15, 0.2) is 12.1 Å². The third-order valence-corrected chi connectivity index (χ3v) is 3.73. The number of anilines is 1. The van der Waals surface area contributed by atoms with E-state index in [1.54, 1.807) is 4.90 Å². The number of ether oxygens (including phenoxy) is 2. The first kappa shape index (κ1) is 13.1. The van der Waals surface area contributed by atoms with Crippen molar-refractivity contribution in [2.24, 2.45) is 0 Å². The molecule has 108 valence electrons. The highest BCUT2D eigenvalue weighted by molar-refractivity contribution is 5.78. The Morgan fingerprint density at radius 1 is 1.20 bits per heavy atom. The minimum absolute atomic E-state index is 0.146. The molecule has 6 nitrogen and oxygen atoms in total. The maximum Gasteiger partial charge on any atom is 0.236 e. The number of carbonyl (C=O) groups is 1. The molecule has 0 aliphatic carbocycles. The van der Waals surface area contributed by atoms with Crippen molar-refractivity contribution < 1.29 is 14.3 Å². The molecule has 6 heteroatoms. The van der Waals surface area contributed by atoms with E-state index in [-0.39, 0.29) is 5.91 Å². The van der Waals surface area contributed by atoms with Crippen molar-refractivity contribution in [2.75, 3.05) is 45.6 Å². The van der Waals surface area contributed by atoms with E-state index in [4.69, 9.17) is 15.2 Å². The Kier molecular flexibility index (Phi) is 3.40. The van der Waals surface area contributed by atoms with Gasteiger partial charge in [0, 0.05) is 38.4 Å². The number of piperazine rings is 1. The zero-order valence-electron chi connectivity index (χ0n) is 11.6. The second-order valence-electron chi connectivity index (χ2n) is 5.22. The summed E-state index contributed by atoms with van der Waals surface area (Å²) in [5.41, 5.74) is 7.73. The van der Waals surface area contributed by atoms with Gasteiger partial charge in [0.2, 0.25) is 5.91 Å². The van der Waals surface area contributed by atoms with Crippen LogP contribution in [0.25, 0.3) is 0 Å². The fourth-order valence-corrected chi connectivity index (χ4v) is 2.47. The fraction of sp³-hybridized carbons (Fsp3) is 0.500. The summed E-state index contributed by atoms with van der Waals surface area (Å²) in [7, 11) is 1.83. The molecular formula is C14H19N3O3. The molecule has 1 fully saturated rings. The molecule has 2 heterocycles. The zero-order valence-corrected chi connectivity index (χ0v) is 11.6. The molecular weight excluding hydrogens is 258 g/mol. The summed E-state index contributed by atoms with van der Waals surface area (Å²) in [5.74, 6) is 1.58. The summed E-state index contributed by atoms with van der Waals surface area (Å²) in [4.78, 5) is 15.6. The van der Waals surface area contributed by atoms with Crippen LogP contribution >= 0.6 is 0 Å². The summed E-state index contributed by atoms with van der Waals surface area (Å²) in [6.07, 6.45) is 0. The van der Waals surface area contributed by atoms with Gasteiger partial charge in [-0.25, -0.2) is 0 Å². The van der Waals surface area contributed by atoms with Gasteiger partial charge in [-0.2, -0.15) is 0 Å². The maximum absolute atomic E-state index is 11.7.